The van der Waals surface area contributed by atoms with Crippen LogP contribution < -0.4 is 15.4 Å². The zero-order chi connectivity index (χ0) is 21.5. The summed E-state index contributed by atoms with van der Waals surface area (Å²) in [4.78, 5) is 28.9. The number of anilines is 2. The number of amides is 2. The van der Waals surface area contributed by atoms with Crippen LogP contribution in [0.3, 0.4) is 0 Å². The second-order valence-corrected chi connectivity index (χ2v) is 8.87. The number of benzene rings is 2. The quantitative estimate of drug-likeness (QED) is 0.460. The summed E-state index contributed by atoms with van der Waals surface area (Å²) >= 11 is 8.72. The largest absolute Gasteiger partial charge is 0.497 e. The number of nitrogens with zero attached hydrogens (tertiary/aromatic N) is 1. The first-order valence-corrected chi connectivity index (χ1v) is 11.2. The molecule has 0 fully saturated rings. The summed E-state index contributed by atoms with van der Waals surface area (Å²) < 4.78 is 5.88. The minimum absolute atomic E-state index is 0.140. The topological polar surface area (TPSA) is 80.3 Å². The highest BCUT2D eigenvalue weighted by molar-refractivity contribution is 8.01. The van der Waals surface area contributed by atoms with Crippen molar-refractivity contribution in [2.75, 3.05) is 23.5 Å². The normalized spacial score (nSPS) is 10.5. The van der Waals surface area contributed by atoms with Gasteiger partial charge < -0.3 is 15.4 Å². The second-order valence-electron chi connectivity index (χ2n) is 6.36. The predicted molar refractivity (Wildman–Crippen MR) is 123 cm³/mol. The molecule has 2 amide bonds. The van der Waals surface area contributed by atoms with Crippen LogP contribution >= 0.6 is 34.7 Å². The number of carbonyl (C=O) groups is 2. The van der Waals surface area contributed by atoms with Gasteiger partial charge in [0, 0.05) is 27.8 Å². The lowest BCUT2D eigenvalue weighted by Crippen LogP contribution is -2.15. The van der Waals surface area contributed by atoms with E-state index in [9.17, 15) is 9.59 Å². The van der Waals surface area contributed by atoms with E-state index in [-0.39, 0.29) is 24.0 Å². The molecule has 0 aliphatic heterocycles. The van der Waals surface area contributed by atoms with Gasteiger partial charge in [0.1, 0.15) is 5.75 Å². The van der Waals surface area contributed by atoms with Gasteiger partial charge in [-0.3, -0.25) is 9.59 Å². The van der Waals surface area contributed by atoms with E-state index in [0.29, 0.717) is 27.8 Å². The van der Waals surface area contributed by atoms with Crippen molar-refractivity contribution in [3.63, 3.8) is 0 Å². The highest BCUT2D eigenvalue weighted by Crippen LogP contribution is 2.24. The highest BCUT2D eigenvalue weighted by Gasteiger charge is 2.12. The van der Waals surface area contributed by atoms with Crippen molar-refractivity contribution in [2.45, 2.75) is 17.7 Å². The molecule has 0 aliphatic carbocycles. The summed E-state index contributed by atoms with van der Waals surface area (Å²) in [7, 11) is 1.58. The van der Waals surface area contributed by atoms with Crippen LogP contribution in [0.5, 0.6) is 5.75 Å². The number of nitrogens with one attached hydrogen (secondary N) is 2. The van der Waals surface area contributed by atoms with E-state index in [4.69, 9.17) is 16.3 Å². The first kappa shape index (κ1) is 22.1. The molecule has 0 atom stereocenters. The molecule has 156 valence electrons. The molecule has 0 bridgehead atoms. The van der Waals surface area contributed by atoms with Crippen LogP contribution in [0.2, 0.25) is 5.02 Å². The number of rotatable bonds is 8. The number of thiazole rings is 1. The Hall–Kier alpha value is -2.55. The minimum Gasteiger partial charge on any atom is -0.497 e. The number of aryl methyl sites for hydroxylation is 1. The molecule has 0 aliphatic rings. The number of carbonyl (C=O) groups excluding carboxylic acids is 2. The summed E-state index contributed by atoms with van der Waals surface area (Å²) in [6.07, 6.45) is 0.152. The van der Waals surface area contributed by atoms with Crippen LogP contribution in [0.15, 0.2) is 52.2 Å². The number of thioether (sulfide) groups is 1. The zero-order valence-electron chi connectivity index (χ0n) is 16.4. The van der Waals surface area contributed by atoms with E-state index in [1.807, 2.05) is 30.5 Å². The van der Waals surface area contributed by atoms with Gasteiger partial charge in [0.15, 0.2) is 4.34 Å². The first-order chi connectivity index (χ1) is 14.4. The fraction of sp³-hybridized carbons (Fsp3) is 0.190. The summed E-state index contributed by atoms with van der Waals surface area (Å²) in [6.45, 7) is 1.90. The van der Waals surface area contributed by atoms with E-state index < -0.39 is 0 Å². The second kappa shape index (κ2) is 10.5. The van der Waals surface area contributed by atoms with Gasteiger partial charge in [0.2, 0.25) is 11.8 Å². The SMILES string of the molecule is COc1cccc(NC(=O)CSc2nc(CC(=O)Nc3cc(Cl)ccc3C)cs2)c1. The summed E-state index contributed by atoms with van der Waals surface area (Å²) in [6, 6.07) is 12.5. The van der Waals surface area contributed by atoms with Gasteiger partial charge in [-0.2, -0.15) is 0 Å². The van der Waals surface area contributed by atoms with Crippen molar-refractivity contribution in [2.24, 2.45) is 0 Å². The molecule has 0 radical (unpaired) electrons. The Bertz CT molecular complexity index is 1060. The van der Waals surface area contributed by atoms with E-state index in [1.165, 1.54) is 23.1 Å². The standard InChI is InChI=1S/C21H20ClN3O3S2/c1-13-6-7-14(22)8-18(13)25-19(26)10-16-11-29-21(24-16)30-12-20(27)23-15-4-3-5-17(9-15)28-2/h3-9,11H,10,12H2,1-2H3,(H,23,27)(H,25,26). The van der Waals surface area contributed by atoms with Crippen molar-refractivity contribution < 1.29 is 14.3 Å². The Kier molecular flexibility index (Phi) is 7.73. The van der Waals surface area contributed by atoms with Gasteiger partial charge in [-0.1, -0.05) is 35.5 Å². The molecular formula is C21H20ClN3O3S2. The van der Waals surface area contributed by atoms with Crippen molar-refractivity contribution >= 4 is 57.9 Å². The molecule has 1 aromatic heterocycles. The van der Waals surface area contributed by atoms with Crippen molar-refractivity contribution in [3.8, 4) is 5.75 Å². The average Bonchev–Trinajstić information content (AvgIpc) is 3.16. The smallest absolute Gasteiger partial charge is 0.234 e. The average molecular weight is 462 g/mol. The maximum Gasteiger partial charge on any atom is 0.234 e. The number of halogens is 1. The Morgan fingerprint density at radius 1 is 1.17 bits per heavy atom. The lowest BCUT2D eigenvalue weighted by molar-refractivity contribution is -0.116. The third-order valence-corrected chi connectivity index (χ3v) is 6.33. The lowest BCUT2D eigenvalue weighted by Gasteiger charge is -2.08. The monoisotopic (exact) mass is 461 g/mol. The molecule has 30 heavy (non-hydrogen) atoms. The number of hydrogen-bond donors (Lipinski definition) is 2. The van der Waals surface area contributed by atoms with E-state index in [1.54, 1.807) is 31.4 Å². The Balaban J connectivity index is 1.49. The fourth-order valence-corrected chi connectivity index (χ4v) is 4.37. The van der Waals surface area contributed by atoms with Crippen LogP contribution in [0.25, 0.3) is 0 Å². The summed E-state index contributed by atoms with van der Waals surface area (Å²) in [5.74, 6) is 0.589. The van der Waals surface area contributed by atoms with Gasteiger partial charge in [0.05, 0.1) is 25.0 Å². The number of hydrogen-bond acceptors (Lipinski definition) is 6. The first-order valence-electron chi connectivity index (χ1n) is 9.00. The maximum absolute atomic E-state index is 12.3. The molecule has 0 saturated heterocycles. The molecule has 1 heterocycles. The van der Waals surface area contributed by atoms with Gasteiger partial charge in [-0.15, -0.1) is 11.3 Å². The van der Waals surface area contributed by atoms with Crippen molar-refractivity contribution in [1.82, 2.24) is 4.98 Å². The van der Waals surface area contributed by atoms with Crippen molar-refractivity contribution in [1.29, 1.82) is 0 Å². The van der Waals surface area contributed by atoms with Crippen LogP contribution in [-0.2, 0) is 16.0 Å². The van der Waals surface area contributed by atoms with Crippen LogP contribution in [0.4, 0.5) is 11.4 Å². The van der Waals surface area contributed by atoms with E-state index in [0.717, 1.165) is 9.90 Å². The summed E-state index contributed by atoms with van der Waals surface area (Å²) in [5, 5.41) is 8.07. The molecule has 0 saturated carbocycles. The summed E-state index contributed by atoms with van der Waals surface area (Å²) in [5.41, 5.74) is 2.96. The molecule has 0 unspecified atom stereocenters. The van der Waals surface area contributed by atoms with Gasteiger partial charge in [-0.25, -0.2) is 4.98 Å². The Labute approximate surface area is 188 Å². The van der Waals surface area contributed by atoms with E-state index in [2.05, 4.69) is 15.6 Å². The minimum atomic E-state index is -0.169. The van der Waals surface area contributed by atoms with Crippen LogP contribution in [0.1, 0.15) is 11.3 Å². The highest BCUT2D eigenvalue weighted by atomic mass is 35.5. The van der Waals surface area contributed by atoms with Crippen LogP contribution in [-0.4, -0.2) is 29.7 Å². The van der Waals surface area contributed by atoms with Gasteiger partial charge in [0.25, 0.3) is 0 Å². The third-order valence-electron chi connectivity index (χ3n) is 4.03. The predicted octanol–water partition coefficient (Wildman–Crippen LogP) is 5.03. The number of methoxy groups -OCH3 is 1. The molecule has 2 N–H and O–H groups in total. The maximum atomic E-state index is 12.3. The molecule has 3 aromatic rings. The fourth-order valence-electron chi connectivity index (χ4n) is 2.55. The molecule has 3 rings (SSSR count). The number of ether oxygens (including phenoxy) is 1. The molecule has 0 spiro atoms. The van der Waals surface area contributed by atoms with Crippen molar-refractivity contribution in [3.05, 3.63) is 64.1 Å². The third kappa shape index (κ3) is 6.48. The molecule has 2 aromatic carbocycles. The molecule has 9 heteroatoms. The molecule has 6 nitrogen and oxygen atoms in total. The van der Waals surface area contributed by atoms with E-state index >= 15 is 0 Å². The Morgan fingerprint density at radius 2 is 2.00 bits per heavy atom. The van der Waals surface area contributed by atoms with Crippen LogP contribution in [0, 0.1) is 6.92 Å². The lowest BCUT2D eigenvalue weighted by atomic mass is 10.2. The Morgan fingerprint density at radius 3 is 2.80 bits per heavy atom. The van der Waals surface area contributed by atoms with Gasteiger partial charge >= 0.3 is 0 Å². The number of aromatic nitrogens is 1. The zero-order valence-corrected chi connectivity index (χ0v) is 18.8. The van der Waals surface area contributed by atoms with Gasteiger partial charge in [-0.05, 0) is 36.8 Å². The molecular weight excluding hydrogens is 442 g/mol.